The van der Waals surface area contributed by atoms with Gasteiger partial charge in [-0.2, -0.15) is 0 Å². The molecule has 5 heteroatoms. The summed E-state index contributed by atoms with van der Waals surface area (Å²) in [6.45, 7) is 0. The van der Waals surface area contributed by atoms with E-state index in [9.17, 15) is 0 Å². The van der Waals surface area contributed by atoms with Crippen LogP contribution in [0.15, 0.2) is 42.7 Å². The first-order valence-corrected chi connectivity index (χ1v) is 6.81. The van der Waals surface area contributed by atoms with Crippen molar-refractivity contribution in [1.82, 2.24) is 10.4 Å². The predicted molar refractivity (Wildman–Crippen MR) is 80.6 cm³/mol. The van der Waals surface area contributed by atoms with Crippen molar-refractivity contribution in [2.75, 3.05) is 7.11 Å². The maximum Gasteiger partial charge on any atom is 0.137 e. The van der Waals surface area contributed by atoms with E-state index in [0.717, 1.165) is 18.4 Å². The van der Waals surface area contributed by atoms with Gasteiger partial charge in [-0.1, -0.05) is 23.7 Å². The van der Waals surface area contributed by atoms with E-state index in [2.05, 4.69) is 16.5 Å². The van der Waals surface area contributed by atoms with Crippen LogP contribution in [-0.2, 0) is 6.42 Å². The van der Waals surface area contributed by atoms with Crippen molar-refractivity contribution in [3.63, 3.8) is 0 Å². The monoisotopic (exact) mass is 291 g/mol. The van der Waals surface area contributed by atoms with Gasteiger partial charge in [-0.3, -0.25) is 16.3 Å². The lowest BCUT2D eigenvalue weighted by molar-refractivity contribution is 0.412. The molecule has 1 unspecified atom stereocenters. The van der Waals surface area contributed by atoms with Crippen molar-refractivity contribution in [3.8, 4) is 5.75 Å². The van der Waals surface area contributed by atoms with Gasteiger partial charge in [-0.05, 0) is 42.2 Å². The smallest absolute Gasteiger partial charge is 0.137 e. The summed E-state index contributed by atoms with van der Waals surface area (Å²) < 4.78 is 5.23. The average Bonchev–Trinajstić information content (AvgIpc) is 2.50. The second kappa shape index (κ2) is 7.24. The number of rotatable bonds is 6. The second-order valence-corrected chi connectivity index (χ2v) is 4.92. The summed E-state index contributed by atoms with van der Waals surface area (Å²) >= 11 is 6.03. The molecule has 106 valence electrons. The molecule has 0 radical (unpaired) electrons. The standard InChI is InChI=1S/C15H18ClN3O/c1-20-15-9-12(5-6-13(15)16)14(19-17)7-4-11-3-2-8-18-10-11/h2-3,5-6,8-10,14,19H,4,7,17H2,1H3. The van der Waals surface area contributed by atoms with E-state index in [-0.39, 0.29) is 6.04 Å². The summed E-state index contributed by atoms with van der Waals surface area (Å²) in [4.78, 5) is 4.11. The quantitative estimate of drug-likeness (QED) is 0.635. The normalized spacial score (nSPS) is 12.2. The topological polar surface area (TPSA) is 60.2 Å². The highest BCUT2D eigenvalue weighted by Gasteiger charge is 2.12. The summed E-state index contributed by atoms with van der Waals surface area (Å²) in [5.41, 5.74) is 5.08. The number of nitrogens with one attached hydrogen (secondary N) is 1. The van der Waals surface area contributed by atoms with Crippen LogP contribution in [0.2, 0.25) is 5.02 Å². The Hall–Kier alpha value is -1.62. The third-order valence-corrected chi connectivity index (χ3v) is 3.54. The third kappa shape index (κ3) is 3.70. The van der Waals surface area contributed by atoms with E-state index in [0.29, 0.717) is 10.8 Å². The number of nitrogens with zero attached hydrogens (tertiary/aromatic N) is 1. The SMILES string of the molecule is COc1cc(C(CCc2cccnc2)NN)ccc1Cl. The fraction of sp³-hybridized carbons (Fsp3) is 0.267. The van der Waals surface area contributed by atoms with Crippen molar-refractivity contribution in [1.29, 1.82) is 0 Å². The van der Waals surface area contributed by atoms with Gasteiger partial charge in [0, 0.05) is 18.4 Å². The molecule has 0 spiro atoms. The molecule has 0 saturated carbocycles. The number of halogens is 1. The molecule has 1 aromatic carbocycles. The molecule has 0 amide bonds. The fourth-order valence-electron chi connectivity index (χ4n) is 2.10. The van der Waals surface area contributed by atoms with Gasteiger partial charge >= 0.3 is 0 Å². The highest BCUT2D eigenvalue weighted by atomic mass is 35.5. The molecule has 0 saturated heterocycles. The Morgan fingerprint density at radius 3 is 2.90 bits per heavy atom. The highest BCUT2D eigenvalue weighted by molar-refractivity contribution is 6.32. The van der Waals surface area contributed by atoms with Crippen molar-refractivity contribution >= 4 is 11.6 Å². The van der Waals surface area contributed by atoms with Gasteiger partial charge in [0.2, 0.25) is 0 Å². The van der Waals surface area contributed by atoms with E-state index < -0.39 is 0 Å². The maximum atomic E-state index is 6.03. The second-order valence-electron chi connectivity index (χ2n) is 4.51. The molecule has 4 nitrogen and oxygen atoms in total. The van der Waals surface area contributed by atoms with Gasteiger partial charge in [-0.15, -0.1) is 0 Å². The first-order chi connectivity index (χ1) is 9.74. The number of hydrogen-bond acceptors (Lipinski definition) is 4. The van der Waals surface area contributed by atoms with Crippen LogP contribution >= 0.6 is 11.6 Å². The minimum Gasteiger partial charge on any atom is -0.495 e. The van der Waals surface area contributed by atoms with Crippen LogP contribution in [0.5, 0.6) is 5.75 Å². The Kier molecular flexibility index (Phi) is 5.35. The summed E-state index contributed by atoms with van der Waals surface area (Å²) in [5, 5.41) is 0.597. The lowest BCUT2D eigenvalue weighted by atomic mass is 10.00. The van der Waals surface area contributed by atoms with E-state index in [1.165, 1.54) is 5.56 Å². The molecule has 1 heterocycles. The summed E-state index contributed by atoms with van der Waals surface area (Å²) in [6, 6.07) is 9.73. The van der Waals surface area contributed by atoms with Gasteiger partial charge in [0.15, 0.2) is 0 Å². The molecule has 0 aliphatic heterocycles. The number of pyridine rings is 1. The summed E-state index contributed by atoms with van der Waals surface area (Å²) in [5.74, 6) is 6.32. The molecule has 0 aliphatic rings. The zero-order chi connectivity index (χ0) is 14.4. The average molecular weight is 292 g/mol. The minimum atomic E-state index is 0.0429. The van der Waals surface area contributed by atoms with Gasteiger partial charge in [0.05, 0.1) is 12.1 Å². The minimum absolute atomic E-state index is 0.0429. The predicted octanol–water partition coefficient (Wildman–Crippen LogP) is 2.88. The van der Waals surface area contributed by atoms with E-state index in [1.807, 2.05) is 30.5 Å². The van der Waals surface area contributed by atoms with Crippen LogP contribution in [0.4, 0.5) is 0 Å². The van der Waals surface area contributed by atoms with E-state index >= 15 is 0 Å². The van der Waals surface area contributed by atoms with Crippen LogP contribution in [0, 0.1) is 0 Å². The maximum absolute atomic E-state index is 6.03. The first kappa shape index (κ1) is 14.8. The number of benzene rings is 1. The fourth-order valence-corrected chi connectivity index (χ4v) is 2.29. The molecule has 20 heavy (non-hydrogen) atoms. The van der Waals surface area contributed by atoms with Crippen molar-refractivity contribution < 1.29 is 4.74 Å². The van der Waals surface area contributed by atoms with Crippen molar-refractivity contribution in [3.05, 3.63) is 58.9 Å². The molecule has 0 bridgehead atoms. The van der Waals surface area contributed by atoms with Gasteiger partial charge in [0.1, 0.15) is 5.75 Å². The number of aromatic nitrogens is 1. The number of ether oxygens (including phenoxy) is 1. The van der Waals surface area contributed by atoms with Crippen LogP contribution in [0.3, 0.4) is 0 Å². The van der Waals surface area contributed by atoms with Crippen LogP contribution in [0.25, 0.3) is 0 Å². The Balaban J connectivity index is 2.08. The molecule has 2 rings (SSSR count). The number of methoxy groups -OCH3 is 1. The first-order valence-electron chi connectivity index (χ1n) is 6.43. The Labute approximate surface area is 123 Å². The van der Waals surface area contributed by atoms with Gasteiger partial charge < -0.3 is 4.74 Å². The van der Waals surface area contributed by atoms with Crippen LogP contribution < -0.4 is 16.0 Å². The summed E-state index contributed by atoms with van der Waals surface area (Å²) in [7, 11) is 1.60. The molecular weight excluding hydrogens is 274 g/mol. The Bertz CT molecular complexity index is 548. The molecule has 3 N–H and O–H groups in total. The molecular formula is C15H18ClN3O. The molecule has 2 aromatic rings. The molecule has 0 fully saturated rings. The molecule has 1 atom stereocenters. The zero-order valence-electron chi connectivity index (χ0n) is 11.3. The van der Waals surface area contributed by atoms with E-state index in [4.69, 9.17) is 22.2 Å². The summed E-state index contributed by atoms with van der Waals surface area (Å²) in [6.07, 6.45) is 5.41. The van der Waals surface area contributed by atoms with Gasteiger partial charge in [0.25, 0.3) is 0 Å². The van der Waals surface area contributed by atoms with Crippen LogP contribution in [-0.4, -0.2) is 12.1 Å². The lowest BCUT2D eigenvalue weighted by Crippen LogP contribution is -2.28. The molecule has 0 aliphatic carbocycles. The Morgan fingerprint density at radius 1 is 1.40 bits per heavy atom. The lowest BCUT2D eigenvalue weighted by Gasteiger charge is -2.17. The van der Waals surface area contributed by atoms with Crippen molar-refractivity contribution in [2.24, 2.45) is 5.84 Å². The largest absolute Gasteiger partial charge is 0.495 e. The zero-order valence-corrected chi connectivity index (χ0v) is 12.1. The third-order valence-electron chi connectivity index (χ3n) is 3.22. The highest BCUT2D eigenvalue weighted by Crippen LogP contribution is 2.29. The number of aryl methyl sites for hydroxylation is 1. The van der Waals surface area contributed by atoms with Crippen LogP contribution in [0.1, 0.15) is 23.6 Å². The van der Waals surface area contributed by atoms with Gasteiger partial charge in [-0.25, -0.2) is 0 Å². The number of nitrogens with two attached hydrogens (primary N) is 1. The van der Waals surface area contributed by atoms with E-state index in [1.54, 1.807) is 13.3 Å². The molecule has 1 aromatic heterocycles. The Morgan fingerprint density at radius 2 is 2.25 bits per heavy atom. The number of hydrogen-bond donors (Lipinski definition) is 2. The number of hydrazine groups is 1. The van der Waals surface area contributed by atoms with Crippen molar-refractivity contribution in [2.45, 2.75) is 18.9 Å².